The van der Waals surface area contributed by atoms with Crippen molar-refractivity contribution in [2.45, 2.75) is 6.42 Å². The second kappa shape index (κ2) is 9.64. The Morgan fingerprint density at radius 1 is 0.941 bits per heavy atom. The molecule has 0 atom stereocenters. The molecule has 0 radical (unpaired) electrons. The van der Waals surface area contributed by atoms with E-state index in [9.17, 15) is 19.2 Å². The second-order valence-corrected chi connectivity index (χ2v) is 3.45. The molecular formula is C9H15N3O4S. The van der Waals surface area contributed by atoms with E-state index in [1.165, 1.54) is 0 Å². The Bertz CT molecular complexity index is 296. The first-order valence-corrected chi connectivity index (χ1v) is 5.58. The predicted molar refractivity (Wildman–Crippen MR) is 63.6 cm³/mol. The van der Waals surface area contributed by atoms with Crippen LogP contribution in [0.2, 0.25) is 0 Å². The van der Waals surface area contributed by atoms with Gasteiger partial charge >= 0.3 is 0 Å². The fraction of sp³-hybridized carbons (Fsp3) is 0.556. The molecule has 0 aliphatic carbocycles. The molecule has 3 amide bonds. The maximum absolute atomic E-state index is 11.1. The smallest absolute Gasteiger partial charge is 0.239 e. The zero-order chi connectivity index (χ0) is 13.1. The van der Waals surface area contributed by atoms with Gasteiger partial charge < -0.3 is 20.7 Å². The molecule has 0 aromatic carbocycles. The third-order valence-corrected chi connectivity index (χ3v) is 1.84. The van der Waals surface area contributed by atoms with E-state index in [1.807, 2.05) is 0 Å². The van der Waals surface area contributed by atoms with E-state index in [0.29, 0.717) is 12.0 Å². The summed E-state index contributed by atoms with van der Waals surface area (Å²) in [5, 5.41) is 6.90. The summed E-state index contributed by atoms with van der Waals surface area (Å²) >= 11 is 3.86. The van der Waals surface area contributed by atoms with E-state index >= 15 is 0 Å². The third-order valence-electron chi connectivity index (χ3n) is 1.61. The summed E-state index contributed by atoms with van der Waals surface area (Å²) in [5.41, 5.74) is 0. The molecule has 0 aliphatic rings. The van der Waals surface area contributed by atoms with Gasteiger partial charge in [0.2, 0.25) is 17.7 Å². The van der Waals surface area contributed by atoms with Crippen molar-refractivity contribution in [2.24, 2.45) is 0 Å². The summed E-state index contributed by atoms with van der Waals surface area (Å²) in [4.78, 5) is 43.0. The highest BCUT2D eigenvalue weighted by atomic mass is 32.1. The van der Waals surface area contributed by atoms with Gasteiger partial charge in [-0.1, -0.05) is 0 Å². The van der Waals surface area contributed by atoms with Crippen LogP contribution in [0.5, 0.6) is 0 Å². The Kier molecular flexibility index (Phi) is 8.75. The Morgan fingerprint density at radius 2 is 1.47 bits per heavy atom. The van der Waals surface area contributed by atoms with Gasteiger partial charge in [-0.25, -0.2) is 0 Å². The van der Waals surface area contributed by atoms with Crippen molar-refractivity contribution in [3.63, 3.8) is 0 Å². The van der Waals surface area contributed by atoms with Crippen LogP contribution in [0.25, 0.3) is 0 Å². The van der Waals surface area contributed by atoms with E-state index in [1.54, 1.807) is 0 Å². The van der Waals surface area contributed by atoms with Crippen molar-refractivity contribution >= 4 is 36.6 Å². The highest BCUT2D eigenvalue weighted by Crippen LogP contribution is 1.82. The minimum atomic E-state index is -0.473. The highest BCUT2D eigenvalue weighted by Gasteiger charge is 2.06. The molecule has 0 unspecified atom stereocenters. The summed E-state index contributed by atoms with van der Waals surface area (Å²) in [6.07, 6.45) is 0.771. The van der Waals surface area contributed by atoms with Crippen molar-refractivity contribution in [3.8, 4) is 0 Å². The Hall–Kier alpha value is -1.57. The lowest BCUT2D eigenvalue weighted by atomic mass is 10.4. The van der Waals surface area contributed by atoms with Crippen molar-refractivity contribution in [3.05, 3.63) is 0 Å². The van der Waals surface area contributed by atoms with Gasteiger partial charge in [-0.15, -0.1) is 0 Å². The fourth-order valence-electron chi connectivity index (χ4n) is 0.828. The lowest BCUT2D eigenvalue weighted by Crippen LogP contribution is -2.42. The Morgan fingerprint density at radius 3 is 2.00 bits per heavy atom. The second-order valence-electron chi connectivity index (χ2n) is 3.00. The topological polar surface area (TPSA) is 104 Å². The van der Waals surface area contributed by atoms with Gasteiger partial charge in [0, 0.05) is 6.42 Å². The van der Waals surface area contributed by atoms with Crippen LogP contribution >= 0.6 is 12.6 Å². The molecule has 96 valence electrons. The monoisotopic (exact) mass is 261 g/mol. The van der Waals surface area contributed by atoms with Gasteiger partial charge in [0.15, 0.2) is 0 Å². The summed E-state index contributed by atoms with van der Waals surface area (Å²) < 4.78 is 0. The molecule has 0 fully saturated rings. The van der Waals surface area contributed by atoms with Gasteiger partial charge in [0.25, 0.3) is 0 Å². The molecule has 0 rings (SSSR count). The molecule has 0 aromatic rings. The average molecular weight is 261 g/mol. The summed E-state index contributed by atoms with van der Waals surface area (Å²) in [5.74, 6) is -0.812. The van der Waals surface area contributed by atoms with Gasteiger partial charge in [-0.05, 0) is 5.75 Å². The standard InChI is InChI=1S/C9H15N3O4S/c13-3-2-10-8(15)5-12-9(16)6-11-7(14)1-4-17/h3,17H,1-2,4-6H2,(H,10,15)(H,11,14)(H,12,16). The predicted octanol–water partition coefficient (Wildman–Crippen LogP) is -2.15. The zero-order valence-corrected chi connectivity index (χ0v) is 10.1. The van der Waals surface area contributed by atoms with Crippen LogP contribution in [-0.4, -0.2) is 49.4 Å². The average Bonchev–Trinajstić information content (AvgIpc) is 2.31. The van der Waals surface area contributed by atoms with Crippen LogP contribution in [0.1, 0.15) is 6.42 Å². The van der Waals surface area contributed by atoms with Crippen LogP contribution < -0.4 is 16.0 Å². The molecule has 7 nitrogen and oxygen atoms in total. The number of nitrogens with one attached hydrogen (secondary N) is 3. The molecular weight excluding hydrogens is 246 g/mol. The van der Waals surface area contributed by atoms with Gasteiger partial charge in [0.1, 0.15) is 6.29 Å². The number of carbonyl (C=O) groups is 4. The number of carbonyl (C=O) groups excluding carboxylic acids is 4. The quantitative estimate of drug-likeness (QED) is 0.295. The van der Waals surface area contributed by atoms with Crippen molar-refractivity contribution in [1.82, 2.24) is 16.0 Å². The maximum Gasteiger partial charge on any atom is 0.239 e. The third kappa shape index (κ3) is 9.36. The van der Waals surface area contributed by atoms with E-state index in [2.05, 4.69) is 28.6 Å². The van der Waals surface area contributed by atoms with E-state index < -0.39 is 11.8 Å². The van der Waals surface area contributed by atoms with Crippen molar-refractivity contribution in [2.75, 3.05) is 25.4 Å². The van der Waals surface area contributed by atoms with Gasteiger partial charge in [0.05, 0.1) is 19.6 Å². The van der Waals surface area contributed by atoms with Crippen LogP contribution in [0.15, 0.2) is 0 Å². The van der Waals surface area contributed by atoms with Crippen molar-refractivity contribution in [1.29, 1.82) is 0 Å². The lowest BCUT2D eigenvalue weighted by molar-refractivity contribution is -0.127. The highest BCUT2D eigenvalue weighted by molar-refractivity contribution is 7.80. The summed E-state index contributed by atoms with van der Waals surface area (Å²) in [6, 6.07) is 0. The minimum Gasteiger partial charge on any atom is -0.348 e. The molecule has 0 saturated carbocycles. The molecule has 0 aromatic heterocycles. The maximum atomic E-state index is 11.1. The SMILES string of the molecule is O=CCNC(=O)CNC(=O)CNC(=O)CCS. The molecule has 0 aliphatic heterocycles. The summed E-state index contributed by atoms with van der Waals surface area (Å²) in [6.45, 7) is -0.504. The zero-order valence-electron chi connectivity index (χ0n) is 9.19. The normalized spacial score (nSPS) is 9.24. The number of thiol groups is 1. The van der Waals surface area contributed by atoms with Crippen LogP contribution in [0.3, 0.4) is 0 Å². The van der Waals surface area contributed by atoms with Crippen LogP contribution in [0, 0.1) is 0 Å². The largest absolute Gasteiger partial charge is 0.348 e. The minimum absolute atomic E-state index is 0.0899. The Labute approximate surface area is 104 Å². The lowest BCUT2D eigenvalue weighted by Gasteiger charge is -2.06. The number of hydrogen-bond donors (Lipinski definition) is 4. The van der Waals surface area contributed by atoms with Gasteiger partial charge in [-0.3, -0.25) is 14.4 Å². The number of rotatable bonds is 8. The fourth-order valence-corrected chi connectivity index (χ4v) is 1.03. The van der Waals surface area contributed by atoms with Crippen LogP contribution in [-0.2, 0) is 19.2 Å². The van der Waals surface area contributed by atoms with Gasteiger partial charge in [-0.2, -0.15) is 12.6 Å². The number of aldehydes is 1. The number of amides is 3. The van der Waals surface area contributed by atoms with E-state index in [4.69, 9.17) is 0 Å². The van der Waals surface area contributed by atoms with E-state index in [0.717, 1.165) is 0 Å². The molecule has 0 bridgehead atoms. The first-order valence-electron chi connectivity index (χ1n) is 4.94. The number of hydrogen-bond acceptors (Lipinski definition) is 5. The van der Waals surface area contributed by atoms with Crippen LogP contribution in [0.4, 0.5) is 0 Å². The molecule has 0 spiro atoms. The molecule has 8 heteroatoms. The first kappa shape index (κ1) is 15.4. The summed E-state index contributed by atoms with van der Waals surface area (Å²) in [7, 11) is 0. The molecule has 0 heterocycles. The van der Waals surface area contributed by atoms with E-state index in [-0.39, 0.29) is 32.0 Å². The molecule has 3 N–H and O–H groups in total. The Balaban J connectivity index is 3.62. The van der Waals surface area contributed by atoms with Crippen molar-refractivity contribution < 1.29 is 19.2 Å². The molecule has 0 saturated heterocycles. The molecule has 17 heavy (non-hydrogen) atoms. The first-order chi connectivity index (χ1) is 8.10.